The Hall–Kier alpha value is -2.91. The van der Waals surface area contributed by atoms with E-state index in [4.69, 9.17) is 25.4 Å². The predicted octanol–water partition coefficient (Wildman–Crippen LogP) is 2.51. The molecule has 0 bridgehead atoms. The van der Waals surface area contributed by atoms with Gasteiger partial charge in [-0.25, -0.2) is 15.0 Å². The zero-order valence-electron chi connectivity index (χ0n) is 20.5. The Morgan fingerprint density at radius 1 is 1.20 bits per heavy atom. The van der Waals surface area contributed by atoms with Gasteiger partial charge in [0.05, 0.1) is 42.5 Å². The van der Waals surface area contributed by atoms with E-state index >= 15 is 0 Å². The number of hydrogen-bond acceptors (Lipinski definition) is 9. The molecule has 0 aliphatic carbocycles. The van der Waals surface area contributed by atoms with Gasteiger partial charge in [-0.2, -0.15) is 0 Å². The van der Waals surface area contributed by atoms with Crippen molar-refractivity contribution in [2.45, 2.75) is 64.6 Å². The molecule has 2 atom stereocenters. The average Bonchev–Trinajstić information content (AvgIpc) is 3.44. The van der Waals surface area contributed by atoms with Crippen LogP contribution in [0.1, 0.15) is 67.1 Å². The average molecular weight is 476 g/mol. The fourth-order valence-electron chi connectivity index (χ4n) is 5.96. The molecule has 9 heteroatoms. The van der Waals surface area contributed by atoms with Crippen LogP contribution >= 0.6 is 0 Å². The van der Waals surface area contributed by atoms with Crippen LogP contribution in [0.25, 0.3) is 0 Å². The number of nitrogens with zero attached hydrogens (tertiary/aromatic N) is 6. The second-order valence-electron chi connectivity index (χ2n) is 10.2. The number of aryl methyl sites for hydroxylation is 1. The summed E-state index contributed by atoms with van der Waals surface area (Å²) in [5, 5.41) is 0. The van der Waals surface area contributed by atoms with Crippen molar-refractivity contribution < 1.29 is 9.53 Å². The van der Waals surface area contributed by atoms with Crippen LogP contribution in [-0.2, 0) is 17.7 Å². The van der Waals surface area contributed by atoms with E-state index in [2.05, 4.69) is 21.7 Å². The molecule has 0 saturated carbocycles. The standard InChI is InChI=1S/C26H33N7O2/c1-3-21(34)18-6-7-20-17(30-18)5-4-10-33(20)25-23-19(13-29-25)31-22(14-28-23)32-11-8-26(9-12-32)15-35-16(2)24(26)27/h6-7,14,16,24H,3-5,8-13,15,27H2,1-2H3/t16-,24+/m0/s1. The maximum atomic E-state index is 12.1. The number of aromatic nitrogens is 3. The fourth-order valence-corrected chi connectivity index (χ4v) is 5.96. The number of amidine groups is 1. The zero-order valence-corrected chi connectivity index (χ0v) is 20.5. The molecule has 1 spiro atoms. The SMILES string of the molecule is CCC(=O)c1ccc2c(n1)CCCN2C1=NCc2nc(N3CCC4(CC3)CO[C@@H](C)[C@H]4N)cnc21. The first kappa shape index (κ1) is 22.5. The van der Waals surface area contributed by atoms with Crippen LogP contribution in [0.15, 0.2) is 23.3 Å². The first-order valence-corrected chi connectivity index (χ1v) is 12.8. The smallest absolute Gasteiger partial charge is 0.180 e. The van der Waals surface area contributed by atoms with Crippen molar-refractivity contribution in [1.29, 1.82) is 0 Å². The molecule has 9 nitrogen and oxygen atoms in total. The second kappa shape index (κ2) is 8.64. The minimum absolute atomic E-state index is 0.0763. The van der Waals surface area contributed by atoms with E-state index in [0.29, 0.717) is 18.7 Å². The quantitative estimate of drug-likeness (QED) is 0.675. The largest absolute Gasteiger partial charge is 0.376 e. The summed E-state index contributed by atoms with van der Waals surface area (Å²) in [6, 6.07) is 3.94. The van der Waals surface area contributed by atoms with Crippen molar-refractivity contribution in [3.8, 4) is 0 Å². The van der Waals surface area contributed by atoms with Crippen LogP contribution < -0.4 is 15.5 Å². The third-order valence-electron chi connectivity index (χ3n) is 8.25. The number of Topliss-reactive ketones (excluding diaryl/α,β-unsaturated/α-hetero) is 1. The van der Waals surface area contributed by atoms with Crippen molar-refractivity contribution in [2.24, 2.45) is 16.1 Å². The zero-order chi connectivity index (χ0) is 24.2. The molecule has 2 aromatic rings. The van der Waals surface area contributed by atoms with Gasteiger partial charge in [0, 0.05) is 37.5 Å². The third-order valence-corrected chi connectivity index (χ3v) is 8.25. The molecular weight excluding hydrogens is 442 g/mol. The van der Waals surface area contributed by atoms with E-state index in [1.165, 1.54) is 0 Å². The Bertz CT molecular complexity index is 1190. The van der Waals surface area contributed by atoms with Crippen LogP contribution in [-0.4, -0.2) is 65.0 Å². The second-order valence-corrected chi connectivity index (χ2v) is 10.2. The third kappa shape index (κ3) is 3.72. The van der Waals surface area contributed by atoms with Crippen molar-refractivity contribution in [2.75, 3.05) is 36.0 Å². The number of nitrogens with two attached hydrogens (primary N) is 1. The van der Waals surface area contributed by atoms with Crippen molar-refractivity contribution in [1.82, 2.24) is 15.0 Å². The summed E-state index contributed by atoms with van der Waals surface area (Å²) in [6.07, 6.45) is 6.33. The maximum Gasteiger partial charge on any atom is 0.180 e. The summed E-state index contributed by atoms with van der Waals surface area (Å²) in [7, 11) is 0. The van der Waals surface area contributed by atoms with Crippen molar-refractivity contribution in [3.63, 3.8) is 0 Å². The maximum absolute atomic E-state index is 12.1. The van der Waals surface area contributed by atoms with Gasteiger partial charge in [0.2, 0.25) is 0 Å². The minimum Gasteiger partial charge on any atom is -0.376 e. The molecule has 184 valence electrons. The van der Waals surface area contributed by atoms with Crippen LogP contribution in [0.3, 0.4) is 0 Å². The molecule has 2 N–H and O–H groups in total. The van der Waals surface area contributed by atoms with E-state index in [9.17, 15) is 4.79 Å². The molecule has 0 amide bonds. The van der Waals surface area contributed by atoms with E-state index in [-0.39, 0.29) is 23.3 Å². The fraction of sp³-hybridized carbons (Fsp3) is 0.577. The van der Waals surface area contributed by atoms with Crippen LogP contribution in [0.2, 0.25) is 0 Å². The molecular formula is C26H33N7O2. The Labute approximate surface area is 205 Å². The highest BCUT2D eigenvalue weighted by atomic mass is 16.5. The summed E-state index contributed by atoms with van der Waals surface area (Å²) < 4.78 is 5.87. The monoisotopic (exact) mass is 475 g/mol. The number of carbonyl (C=O) groups excluding carboxylic acids is 1. The Morgan fingerprint density at radius 2 is 2.03 bits per heavy atom. The van der Waals surface area contributed by atoms with Gasteiger partial charge in [-0.15, -0.1) is 0 Å². The number of ether oxygens (including phenoxy) is 1. The van der Waals surface area contributed by atoms with Gasteiger partial charge in [0.25, 0.3) is 0 Å². The summed E-state index contributed by atoms with van der Waals surface area (Å²) >= 11 is 0. The molecule has 4 aliphatic rings. The van der Waals surface area contributed by atoms with Crippen LogP contribution in [0.5, 0.6) is 0 Å². The normalized spacial score (nSPS) is 24.9. The van der Waals surface area contributed by atoms with E-state index in [1.807, 2.05) is 25.3 Å². The van der Waals surface area contributed by atoms with Gasteiger partial charge in [-0.3, -0.25) is 9.79 Å². The first-order chi connectivity index (χ1) is 17.0. The van der Waals surface area contributed by atoms with E-state index in [1.54, 1.807) is 0 Å². The van der Waals surface area contributed by atoms with Gasteiger partial charge >= 0.3 is 0 Å². The predicted molar refractivity (Wildman–Crippen MR) is 134 cm³/mol. The number of rotatable bonds is 3. The molecule has 35 heavy (non-hydrogen) atoms. The Balaban J connectivity index is 1.20. The minimum atomic E-state index is 0.0763. The Kier molecular flexibility index (Phi) is 5.56. The van der Waals surface area contributed by atoms with Crippen molar-refractivity contribution in [3.05, 3.63) is 41.1 Å². The van der Waals surface area contributed by atoms with Crippen molar-refractivity contribution >= 4 is 23.1 Å². The number of fused-ring (bicyclic) bond motifs is 2. The van der Waals surface area contributed by atoms with E-state index < -0.39 is 0 Å². The molecule has 6 heterocycles. The molecule has 2 fully saturated rings. The molecule has 6 rings (SSSR count). The van der Waals surface area contributed by atoms with Gasteiger partial charge in [0.15, 0.2) is 11.6 Å². The molecule has 4 aliphatic heterocycles. The van der Waals surface area contributed by atoms with Gasteiger partial charge < -0.3 is 20.3 Å². The molecule has 2 saturated heterocycles. The summed E-state index contributed by atoms with van der Waals surface area (Å²) in [5.41, 5.74) is 10.9. The number of pyridine rings is 1. The van der Waals surface area contributed by atoms with Gasteiger partial charge in [-0.1, -0.05) is 6.92 Å². The number of anilines is 2. The lowest BCUT2D eigenvalue weighted by molar-refractivity contribution is 0.0973. The molecule has 0 aromatic carbocycles. The number of carbonyl (C=O) groups is 1. The highest BCUT2D eigenvalue weighted by molar-refractivity contribution is 6.11. The van der Waals surface area contributed by atoms with Crippen LogP contribution in [0.4, 0.5) is 11.5 Å². The summed E-state index contributed by atoms with van der Waals surface area (Å²) in [6.45, 7) is 7.92. The number of hydrogen-bond donors (Lipinski definition) is 1. The number of ketones is 1. The van der Waals surface area contributed by atoms with E-state index in [0.717, 1.165) is 86.3 Å². The molecule has 0 radical (unpaired) electrons. The first-order valence-electron chi connectivity index (χ1n) is 12.8. The number of aliphatic imine (C=N–C) groups is 1. The van der Waals surface area contributed by atoms with Crippen LogP contribution in [0, 0.1) is 5.41 Å². The lowest BCUT2D eigenvalue weighted by atomic mass is 9.73. The lowest BCUT2D eigenvalue weighted by Gasteiger charge is -2.41. The molecule has 0 unspecified atom stereocenters. The summed E-state index contributed by atoms with van der Waals surface area (Å²) in [5.74, 6) is 1.85. The molecule has 2 aromatic heterocycles. The highest BCUT2D eigenvalue weighted by Crippen LogP contribution is 2.42. The lowest BCUT2D eigenvalue weighted by Crippen LogP contribution is -2.50. The highest BCUT2D eigenvalue weighted by Gasteiger charge is 2.47. The van der Waals surface area contributed by atoms with Gasteiger partial charge in [-0.05, 0) is 44.7 Å². The number of piperidine rings is 1. The topological polar surface area (TPSA) is 110 Å². The summed E-state index contributed by atoms with van der Waals surface area (Å²) in [4.78, 5) is 36.0. The van der Waals surface area contributed by atoms with Gasteiger partial charge in [0.1, 0.15) is 17.2 Å². The Morgan fingerprint density at radius 3 is 2.77 bits per heavy atom.